The van der Waals surface area contributed by atoms with Crippen LogP contribution in [0, 0.1) is 6.92 Å². The van der Waals surface area contributed by atoms with Gasteiger partial charge in [0.15, 0.2) is 0 Å². The molecule has 0 aliphatic heterocycles. The third-order valence-corrected chi connectivity index (χ3v) is 3.64. The van der Waals surface area contributed by atoms with E-state index in [1.165, 1.54) is 10.9 Å². The Bertz CT molecular complexity index is 759. The standard InChI is InChI=1S/C17H18N2O/c1-11-7-8-16(20-2)13(9-11)17-14(10-18)12-5-3-4-6-15(12)19-17/h3-9,19H,10,18H2,1-2H3. The van der Waals surface area contributed by atoms with Crippen molar-refractivity contribution in [3.63, 3.8) is 0 Å². The van der Waals surface area contributed by atoms with E-state index in [0.29, 0.717) is 6.54 Å². The van der Waals surface area contributed by atoms with Crippen LogP contribution < -0.4 is 10.5 Å². The molecule has 0 fully saturated rings. The number of rotatable bonds is 3. The van der Waals surface area contributed by atoms with E-state index in [-0.39, 0.29) is 0 Å². The number of benzene rings is 2. The number of ether oxygens (including phenoxy) is 1. The van der Waals surface area contributed by atoms with Gasteiger partial charge in [0.25, 0.3) is 0 Å². The van der Waals surface area contributed by atoms with Crippen molar-refractivity contribution in [2.75, 3.05) is 7.11 Å². The molecule has 0 saturated carbocycles. The number of hydrogen-bond acceptors (Lipinski definition) is 2. The van der Waals surface area contributed by atoms with E-state index in [1.807, 2.05) is 24.3 Å². The number of methoxy groups -OCH3 is 1. The van der Waals surface area contributed by atoms with E-state index in [1.54, 1.807) is 7.11 Å². The van der Waals surface area contributed by atoms with Gasteiger partial charge in [0, 0.05) is 23.0 Å². The van der Waals surface area contributed by atoms with Gasteiger partial charge in [0.1, 0.15) is 5.75 Å². The molecule has 3 aromatic rings. The summed E-state index contributed by atoms with van der Waals surface area (Å²) in [4.78, 5) is 3.47. The molecule has 0 unspecified atom stereocenters. The number of para-hydroxylation sites is 1. The molecule has 1 aromatic heterocycles. The topological polar surface area (TPSA) is 51.0 Å². The third-order valence-electron chi connectivity index (χ3n) is 3.64. The Morgan fingerprint density at radius 1 is 1.15 bits per heavy atom. The van der Waals surface area contributed by atoms with Crippen LogP contribution in [0.5, 0.6) is 5.75 Å². The Hall–Kier alpha value is -2.26. The number of fused-ring (bicyclic) bond motifs is 1. The molecule has 3 heteroatoms. The lowest BCUT2D eigenvalue weighted by Gasteiger charge is -2.10. The monoisotopic (exact) mass is 266 g/mol. The summed E-state index contributed by atoms with van der Waals surface area (Å²) in [7, 11) is 1.69. The van der Waals surface area contributed by atoms with Crippen LogP contribution in [0.4, 0.5) is 0 Å². The number of aromatic amines is 1. The zero-order chi connectivity index (χ0) is 14.1. The van der Waals surface area contributed by atoms with Gasteiger partial charge >= 0.3 is 0 Å². The van der Waals surface area contributed by atoms with Crippen molar-refractivity contribution in [1.82, 2.24) is 4.98 Å². The zero-order valence-corrected chi connectivity index (χ0v) is 11.7. The van der Waals surface area contributed by atoms with Gasteiger partial charge in [-0.2, -0.15) is 0 Å². The third kappa shape index (κ3) is 1.96. The lowest BCUT2D eigenvalue weighted by atomic mass is 10.0. The van der Waals surface area contributed by atoms with Crippen molar-refractivity contribution in [2.24, 2.45) is 5.73 Å². The Morgan fingerprint density at radius 3 is 2.70 bits per heavy atom. The summed E-state index contributed by atoms with van der Waals surface area (Å²) in [6.45, 7) is 2.57. The second-order valence-electron chi connectivity index (χ2n) is 4.93. The maximum atomic E-state index is 5.97. The summed E-state index contributed by atoms with van der Waals surface area (Å²) < 4.78 is 5.49. The van der Waals surface area contributed by atoms with E-state index < -0.39 is 0 Å². The molecule has 0 atom stereocenters. The number of H-pyrrole nitrogens is 1. The summed E-state index contributed by atoms with van der Waals surface area (Å²) in [5.74, 6) is 0.858. The fourth-order valence-corrected chi connectivity index (χ4v) is 2.66. The molecule has 1 heterocycles. The van der Waals surface area contributed by atoms with Gasteiger partial charge < -0.3 is 15.5 Å². The Kier molecular flexibility index (Phi) is 3.20. The van der Waals surface area contributed by atoms with Crippen molar-refractivity contribution in [3.05, 3.63) is 53.6 Å². The van der Waals surface area contributed by atoms with Crippen LogP contribution in [-0.4, -0.2) is 12.1 Å². The molecule has 2 aromatic carbocycles. The predicted octanol–water partition coefficient (Wildman–Crippen LogP) is 3.61. The van der Waals surface area contributed by atoms with Crippen LogP contribution >= 0.6 is 0 Å². The summed E-state index contributed by atoms with van der Waals surface area (Å²) in [5, 5.41) is 1.17. The van der Waals surface area contributed by atoms with E-state index >= 15 is 0 Å². The fourth-order valence-electron chi connectivity index (χ4n) is 2.66. The minimum atomic E-state index is 0.496. The van der Waals surface area contributed by atoms with E-state index in [9.17, 15) is 0 Å². The molecule has 3 rings (SSSR count). The highest BCUT2D eigenvalue weighted by molar-refractivity contribution is 5.91. The minimum absolute atomic E-state index is 0.496. The number of nitrogens with one attached hydrogen (secondary N) is 1. The molecule has 0 spiro atoms. The second-order valence-corrected chi connectivity index (χ2v) is 4.93. The van der Waals surface area contributed by atoms with Gasteiger partial charge in [-0.15, -0.1) is 0 Å². The molecule has 3 nitrogen and oxygen atoms in total. The Labute approximate surface area is 118 Å². The van der Waals surface area contributed by atoms with Gasteiger partial charge in [0.2, 0.25) is 0 Å². The SMILES string of the molecule is COc1ccc(C)cc1-c1[nH]c2ccccc2c1CN. The largest absolute Gasteiger partial charge is 0.496 e. The van der Waals surface area contributed by atoms with Gasteiger partial charge in [0.05, 0.1) is 12.8 Å². The molecule has 0 aliphatic carbocycles. The van der Waals surface area contributed by atoms with Crippen molar-refractivity contribution in [3.8, 4) is 17.0 Å². The first-order valence-corrected chi connectivity index (χ1v) is 6.69. The van der Waals surface area contributed by atoms with Crippen LogP contribution in [0.3, 0.4) is 0 Å². The van der Waals surface area contributed by atoms with E-state index in [2.05, 4.69) is 30.1 Å². The zero-order valence-electron chi connectivity index (χ0n) is 11.7. The second kappa shape index (κ2) is 5.02. The minimum Gasteiger partial charge on any atom is -0.496 e. The van der Waals surface area contributed by atoms with Gasteiger partial charge in [-0.1, -0.05) is 29.8 Å². The summed E-state index contributed by atoms with van der Waals surface area (Å²) in [5.41, 5.74) is 11.5. The van der Waals surface area contributed by atoms with Gasteiger partial charge in [-0.05, 0) is 30.7 Å². The lowest BCUT2D eigenvalue weighted by Crippen LogP contribution is -1.98. The molecular formula is C17H18N2O. The molecule has 0 bridgehead atoms. The van der Waals surface area contributed by atoms with Crippen molar-refractivity contribution in [1.29, 1.82) is 0 Å². The van der Waals surface area contributed by atoms with Crippen molar-refractivity contribution in [2.45, 2.75) is 13.5 Å². The Balaban J connectivity index is 2.31. The quantitative estimate of drug-likeness (QED) is 0.761. The number of aromatic nitrogens is 1. The van der Waals surface area contributed by atoms with E-state index in [4.69, 9.17) is 10.5 Å². The smallest absolute Gasteiger partial charge is 0.128 e. The molecule has 0 radical (unpaired) electrons. The van der Waals surface area contributed by atoms with Crippen LogP contribution in [0.15, 0.2) is 42.5 Å². The lowest BCUT2D eigenvalue weighted by molar-refractivity contribution is 0.416. The first-order valence-electron chi connectivity index (χ1n) is 6.69. The van der Waals surface area contributed by atoms with Gasteiger partial charge in [-0.3, -0.25) is 0 Å². The molecule has 3 N–H and O–H groups in total. The maximum absolute atomic E-state index is 5.97. The van der Waals surface area contributed by atoms with Crippen LogP contribution in [-0.2, 0) is 6.54 Å². The summed E-state index contributed by atoms with van der Waals surface area (Å²) in [6, 6.07) is 14.4. The highest BCUT2D eigenvalue weighted by Crippen LogP contribution is 2.36. The average molecular weight is 266 g/mol. The molecule has 0 aliphatic rings. The van der Waals surface area contributed by atoms with Crippen LogP contribution in [0.1, 0.15) is 11.1 Å². The Morgan fingerprint density at radius 2 is 1.95 bits per heavy atom. The highest BCUT2D eigenvalue weighted by atomic mass is 16.5. The van der Waals surface area contributed by atoms with Crippen molar-refractivity contribution < 1.29 is 4.74 Å². The number of hydrogen-bond donors (Lipinski definition) is 2. The predicted molar refractivity (Wildman–Crippen MR) is 82.9 cm³/mol. The maximum Gasteiger partial charge on any atom is 0.128 e. The highest BCUT2D eigenvalue weighted by Gasteiger charge is 2.15. The van der Waals surface area contributed by atoms with Crippen molar-refractivity contribution >= 4 is 10.9 Å². The summed E-state index contributed by atoms with van der Waals surface area (Å²) >= 11 is 0. The fraction of sp³-hybridized carbons (Fsp3) is 0.176. The average Bonchev–Trinajstić information content (AvgIpc) is 2.85. The molecule has 20 heavy (non-hydrogen) atoms. The molecule has 102 valence electrons. The van der Waals surface area contributed by atoms with Gasteiger partial charge in [-0.25, -0.2) is 0 Å². The number of nitrogens with two attached hydrogens (primary N) is 1. The normalized spacial score (nSPS) is 10.9. The number of aryl methyl sites for hydroxylation is 1. The first-order chi connectivity index (χ1) is 9.74. The molecular weight excluding hydrogens is 248 g/mol. The first kappa shape index (κ1) is 12.8. The molecule has 0 amide bonds. The van der Waals surface area contributed by atoms with Crippen LogP contribution in [0.25, 0.3) is 22.2 Å². The molecule has 0 saturated heterocycles. The van der Waals surface area contributed by atoms with Crippen LogP contribution in [0.2, 0.25) is 0 Å². The summed E-state index contributed by atoms with van der Waals surface area (Å²) in [6.07, 6.45) is 0. The van der Waals surface area contributed by atoms with E-state index in [0.717, 1.165) is 28.1 Å².